The van der Waals surface area contributed by atoms with Gasteiger partial charge >= 0.3 is 5.97 Å². The van der Waals surface area contributed by atoms with E-state index in [0.29, 0.717) is 3.70 Å². The molecule has 0 aliphatic rings. The number of nitrogens with zero attached hydrogens (tertiary/aromatic N) is 1. The van der Waals surface area contributed by atoms with Crippen molar-refractivity contribution in [3.8, 4) is 0 Å². The van der Waals surface area contributed by atoms with Crippen molar-refractivity contribution in [2.24, 2.45) is 0 Å². The average molecular weight is 347 g/mol. The zero-order valence-electron chi connectivity index (χ0n) is 7.18. The molecular weight excluding hydrogens is 342 g/mol. The van der Waals surface area contributed by atoms with Gasteiger partial charge < -0.3 is 5.11 Å². The summed E-state index contributed by atoms with van der Waals surface area (Å²) in [5.41, 5.74) is -0.686. The fourth-order valence-corrected chi connectivity index (χ4v) is 2.06. The number of halogens is 4. The number of hydrogen-bond acceptors (Lipinski definition) is 2. The molecule has 0 aliphatic heterocycles. The summed E-state index contributed by atoms with van der Waals surface area (Å²) in [7, 11) is 0. The SMILES string of the molecule is O=C(O)Cc1c(Cl)cc(I)nc1C(F)F. The predicted molar refractivity (Wildman–Crippen MR) is 58.3 cm³/mol. The van der Waals surface area contributed by atoms with Gasteiger partial charge in [0.25, 0.3) is 6.43 Å². The summed E-state index contributed by atoms with van der Waals surface area (Å²) in [6, 6.07) is 1.35. The second-order valence-corrected chi connectivity index (χ2v) is 4.17. The Morgan fingerprint density at radius 3 is 2.73 bits per heavy atom. The van der Waals surface area contributed by atoms with Crippen molar-refractivity contribution in [2.45, 2.75) is 12.8 Å². The molecule has 0 radical (unpaired) electrons. The molecule has 0 unspecified atom stereocenters. The lowest BCUT2D eigenvalue weighted by Crippen LogP contribution is -2.07. The van der Waals surface area contributed by atoms with Crippen LogP contribution in [0.2, 0.25) is 5.02 Å². The van der Waals surface area contributed by atoms with Gasteiger partial charge in [-0.2, -0.15) is 0 Å². The Hall–Kier alpha value is -0.500. The van der Waals surface area contributed by atoms with Crippen LogP contribution in [0, 0.1) is 3.70 Å². The van der Waals surface area contributed by atoms with Crippen LogP contribution in [0.5, 0.6) is 0 Å². The van der Waals surface area contributed by atoms with E-state index in [2.05, 4.69) is 4.98 Å². The number of hydrogen-bond donors (Lipinski definition) is 1. The summed E-state index contributed by atoms with van der Waals surface area (Å²) in [4.78, 5) is 14.0. The molecular formula is C8H5ClF2INO2. The number of alkyl halides is 2. The van der Waals surface area contributed by atoms with E-state index in [-0.39, 0.29) is 10.6 Å². The van der Waals surface area contributed by atoms with Crippen molar-refractivity contribution in [2.75, 3.05) is 0 Å². The highest BCUT2D eigenvalue weighted by Crippen LogP contribution is 2.28. The van der Waals surface area contributed by atoms with Crippen molar-refractivity contribution in [3.63, 3.8) is 0 Å². The van der Waals surface area contributed by atoms with Crippen molar-refractivity contribution >= 4 is 40.2 Å². The van der Waals surface area contributed by atoms with E-state index in [1.807, 2.05) is 0 Å². The lowest BCUT2D eigenvalue weighted by atomic mass is 10.1. The Balaban J connectivity index is 3.26. The highest BCUT2D eigenvalue weighted by molar-refractivity contribution is 14.1. The van der Waals surface area contributed by atoms with E-state index in [4.69, 9.17) is 16.7 Å². The van der Waals surface area contributed by atoms with Crippen LogP contribution < -0.4 is 0 Å². The van der Waals surface area contributed by atoms with Gasteiger partial charge in [-0.05, 0) is 28.7 Å². The molecule has 0 aliphatic carbocycles. The van der Waals surface area contributed by atoms with E-state index in [1.165, 1.54) is 6.07 Å². The average Bonchev–Trinajstić information content (AvgIpc) is 2.08. The highest BCUT2D eigenvalue weighted by Gasteiger charge is 2.20. The summed E-state index contributed by atoms with van der Waals surface area (Å²) in [6.45, 7) is 0. The fourth-order valence-electron chi connectivity index (χ4n) is 1.04. The first-order chi connectivity index (χ1) is 6.91. The van der Waals surface area contributed by atoms with Crippen molar-refractivity contribution in [1.29, 1.82) is 0 Å². The van der Waals surface area contributed by atoms with Crippen LogP contribution in [0.1, 0.15) is 17.7 Å². The maximum atomic E-state index is 12.5. The molecule has 7 heteroatoms. The predicted octanol–water partition coefficient (Wildman–Crippen LogP) is 2.90. The number of rotatable bonds is 3. The summed E-state index contributed by atoms with van der Waals surface area (Å²) >= 11 is 7.42. The van der Waals surface area contributed by atoms with Crippen molar-refractivity contribution < 1.29 is 18.7 Å². The van der Waals surface area contributed by atoms with Gasteiger partial charge in [0.1, 0.15) is 9.39 Å². The van der Waals surface area contributed by atoms with Crippen LogP contribution in [-0.4, -0.2) is 16.1 Å². The van der Waals surface area contributed by atoms with Crippen LogP contribution in [0.15, 0.2) is 6.07 Å². The molecule has 1 aromatic rings. The third-order valence-corrected chi connectivity index (χ3v) is 2.50. The first-order valence-electron chi connectivity index (χ1n) is 3.76. The van der Waals surface area contributed by atoms with Crippen molar-refractivity contribution in [1.82, 2.24) is 4.98 Å². The first kappa shape index (κ1) is 12.6. The molecule has 0 fully saturated rings. The molecule has 0 spiro atoms. The summed E-state index contributed by atoms with van der Waals surface area (Å²) in [5.74, 6) is -1.22. The molecule has 15 heavy (non-hydrogen) atoms. The number of carboxylic acids is 1. The van der Waals surface area contributed by atoms with Crippen LogP contribution in [-0.2, 0) is 11.2 Å². The zero-order valence-corrected chi connectivity index (χ0v) is 10.1. The lowest BCUT2D eigenvalue weighted by Gasteiger charge is -2.08. The van der Waals surface area contributed by atoms with E-state index in [9.17, 15) is 13.6 Å². The van der Waals surface area contributed by atoms with Gasteiger partial charge in [0.15, 0.2) is 0 Å². The van der Waals surface area contributed by atoms with Crippen LogP contribution in [0.4, 0.5) is 8.78 Å². The Kier molecular flexibility index (Phi) is 4.21. The highest BCUT2D eigenvalue weighted by atomic mass is 127. The minimum Gasteiger partial charge on any atom is -0.481 e. The van der Waals surface area contributed by atoms with E-state index < -0.39 is 24.5 Å². The Morgan fingerprint density at radius 2 is 2.27 bits per heavy atom. The Morgan fingerprint density at radius 1 is 1.67 bits per heavy atom. The molecule has 0 aromatic carbocycles. The minimum atomic E-state index is -2.83. The second-order valence-electron chi connectivity index (χ2n) is 2.66. The third kappa shape index (κ3) is 3.23. The molecule has 0 atom stereocenters. The Labute approximate surface area is 103 Å². The smallest absolute Gasteiger partial charge is 0.307 e. The quantitative estimate of drug-likeness (QED) is 0.676. The van der Waals surface area contributed by atoms with Gasteiger partial charge in [0, 0.05) is 10.6 Å². The van der Waals surface area contributed by atoms with Crippen LogP contribution in [0.25, 0.3) is 0 Å². The maximum absolute atomic E-state index is 12.5. The lowest BCUT2D eigenvalue weighted by molar-refractivity contribution is -0.136. The molecule has 1 heterocycles. The number of pyridine rings is 1. The van der Waals surface area contributed by atoms with Gasteiger partial charge in [-0.25, -0.2) is 13.8 Å². The molecule has 1 N–H and O–H groups in total. The van der Waals surface area contributed by atoms with Gasteiger partial charge in [-0.15, -0.1) is 0 Å². The largest absolute Gasteiger partial charge is 0.481 e. The van der Waals surface area contributed by atoms with Crippen molar-refractivity contribution in [3.05, 3.63) is 26.0 Å². The molecule has 82 valence electrons. The molecule has 0 bridgehead atoms. The molecule has 0 saturated carbocycles. The fraction of sp³-hybridized carbons (Fsp3) is 0.250. The van der Waals surface area contributed by atoms with Gasteiger partial charge in [-0.3, -0.25) is 4.79 Å². The topological polar surface area (TPSA) is 50.2 Å². The van der Waals surface area contributed by atoms with Gasteiger partial charge in [-0.1, -0.05) is 11.6 Å². The summed E-state index contributed by atoms with van der Waals surface area (Å²) < 4.78 is 25.3. The standard InChI is InChI=1S/C8H5ClF2INO2/c9-4-2-5(12)13-7(8(10)11)3(4)1-6(14)15/h2,8H,1H2,(H,14,15). The van der Waals surface area contributed by atoms with Gasteiger partial charge in [0.2, 0.25) is 0 Å². The number of aromatic nitrogens is 1. The molecule has 0 amide bonds. The minimum absolute atomic E-state index is 0.00657. The second kappa shape index (κ2) is 5.02. The molecule has 1 aromatic heterocycles. The van der Waals surface area contributed by atoms with Crippen LogP contribution in [0.3, 0.4) is 0 Å². The molecule has 0 saturated heterocycles. The number of carbonyl (C=O) groups is 1. The monoisotopic (exact) mass is 347 g/mol. The van der Waals surface area contributed by atoms with E-state index >= 15 is 0 Å². The first-order valence-corrected chi connectivity index (χ1v) is 5.22. The summed E-state index contributed by atoms with van der Waals surface area (Å²) in [5, 5.41) is 8.54. The zero-order chi connectivity index (χ0) is 11.6. The number of carboxylic acid groups (broad SMARTS) is 1. The Bertz CT molecular complexity index is 400. The summed E-state index contributed by atoms with van der Waals surface area (Å²) in [6.07, 6.45) is -3.38. The van der Waals surface area contributed by atoms with Gasteiger partial charge in [0.05, 0.1) is 6.42 Å². The van der Waals surface area contributed by atoms with E-state index in [0.717, 1.165) is 0 Å². The molecule has 3 nitrogen and oxygen atoms in total. The van der Waals surface area contributed by atoms with E-state index in [1.54, 1.807) is 22.6 Å². The van der Waals surface area contributed by atoms with Crippen LogP contribution >= 0.6 is 34.2 Å². The molecule has 1 rings (SSSR count). The maximum Gasteiger partial charge on any atom is 0.307 e. The number of aliphatic carboxylic acids is 1. The normalized spacial score (nSPS) is 10.7. The third-order valence-electron chi connectivity index (χ3n) is 1.61.